The zero-order valence-electron chi connectivity index (χ0n) is 11.9. The molecule has 0 saturated carbocycles. The maximum Gasteiger partial charge on any atom is 0.168 e. The van der Waals surface area contributed by atoms with E-state index >= 15 is 0 Å². The van der Waals surface area contributed by atoms with Gasteiger partial charge >= 0.3 is 0 Å². The summed E-state index contributed by atoms with van der Waals surface area (Å²) >= 11 is 0. The Morgan fingerprint density at radius 1 is 1.15 bits per heavy atom. The molecule has 0 aliphatic heterocycles. The first kappa shape index (κ1) is 14.2. The van der Waals surface area contributed by atoms with Crippen LogP contribution in [0.15, 0.2) is 42.6 Å². The van der Waals surface area contributed by atoms with Gasteiger partial charge < -0.3 is 14.8 Å². The average molecular weight is 272 g/mol. The number of benzene rings is 1. The number of pyridine rings is 1. The van der Waals surface area contributed by atoms with Crippen molar-refractivity contribution in [3.63, 3.8) is 0 Å². The lowest BCUT2D eigenvalue weighted by atomic mass is 10.1. The van der Waals surface area contributed by atoms with Crippen molar-refractivity contribution < 1.29 is 9.47 Å². The van der Waals surface area contributed by atoms with Gasteiger partial charge in [0.2, 0.25) is 0 Å². The molecule has 0 radical (unpaired) electrons. The molecule has 0 aliphatic rings. The van der Waals surface area contributed by atoms with Crippen molar-refractivity contribution in [1.82, 2.24) is 4.98 Å². The van der Waals surface area contributed by atoms with Gasteiger partial charge in [-0.1, -0.05) is 12.1 Å². The third-order valence-electron chi connectivity index (χ3n) is 2.94. The highest BCUT2D eigenvalue weighted by Crippen LogP contribution is 2.20. The van der Waals surface area contributed by atoms with Gasteiger partial charge in [0.1, 0.15) is 5.75 Å². The SMILES string of the molecule is CCOc1cccnc1NCCc1ccc(OC)cc1. The summed E-state index contributed by atoms with van der Waals surface area (Å²) in [7, 11) is 1.67. The summed E-state index contributed by atoms with van der Waals surface area (Å²) in [5, 5.41) is 3.31. The molecular weight excluding hydrogens is 252 g/mol. The average Bonchev–Trinajstić information content (AvgIpc) is 2.50. The molecule has 0 amide bonds. The summed E-state index contributed by atoms with van der Waals surface area (Å²) in [4.78, 5) is 4.30. The van der Waals surface area contributed by atoms with Gasteiger partial charge in [-0.15, -0.1) is 0 Å². The van der Waals surface area contributed by atoms with E-state index in [4.69, 9.17) is 9.47 Å². The minimum atomic E-state index is 0.638. The van der Waals surface area contributed by atoms with Crippen molar-refractivity contribution in [2.24, 2.45) is 0 Å². The summed E-state index contributed by atoms with van der Waals surface area (Å²) in [6, 6.07) is 11.9. The smallest absolute Gasteiger partial charge is 0.168 e. The number of rotatable bonds is 7. The third-order valence-corrected chi connectivity index (χ3v) is 2.94. The maximum absolute atomic E-state index is 5.53. The van der Waals surface area contributed by atoms with Gasteiger partial charge in [-0.2, -0.15) is 0 Å². The van der Waals surface area contributed by atoms with Crippen molar-refractivity contribution in [2.75, 3.05) is 25.6 Å². The lowest BCUT2D eigenvalue weighted by Gasteiger charge is -2.11. The zero-order valence-corrected chi connectivity index (χ0v) is 11.9. The lowest BCUT2D eigenvalue weighted by molar-refractivity contribution is 0.340. The minimum absolute atomic E-state index is 0.638. The molecule has 1 heterocycles. The molecule has 0 unspecified atom stereocenters. The number of methoxy groups -OCH3 is 1. The lowest BCUT2D eigenvalue weighted by Crippen LogP contribution is -2.08. The van der Waals surface area contributed by atoms with Crippen LogP contribution < -0.4 is 14.8 Å². The van der Waals surface area contributed by atoms with Gasteiger partial charge in [0.25, 0.3) is 0 Å². The van der Waals surface area contributed by atoms with Crippen molar-refractivity contribution in [3.05, 3.63) is 48.2 Å². The Morgan fingerprint density at radius 3 is 2.65 bits per heavy atom. The summed E-state index contributed by atoms with van der Waals surface area (Å²) in [6.45, 7) is 3.41. The first-order chi connectivity index (χ1) is 9.83. The van der Waals surface area contributed by atoms with Crippen molar-refractivity contribution in [3.8, 4) is 11.5 Å². The van der Waals surface area contributed by atoms with E-state index in [2.05, 4.69) is 22.4 Å². The van der Waals surface area contributed by atoms with E-state index in [1.165, 1.54) is 5.56 Å². The standard InChI is InChI=1S/C16H20N2O2/c1-3-20-15-5-4-11-17-16(15)18-12-10-13-6-8-14(19-2)9-7-13/h4-9,11H,3,10,12H2,1-2H3,(H,17,18). The van der Waals surface area contributed by atoms with Crippen LogP contribution in [-0.4, -0.2) is 25.2 Å². The Kier molecular flexibility index (Phi) is 5.24. The van der Waals surface area contributed by atoms with Crippen LogP contribution in [-0.2, 0) is 6.42 Å². The molecule has 0 saturated heterocycles. The topological polar surface area (TPSA) is 43.4 Å². The van der Waals surface area contributed by atoms with Crippen LogP contribution in [0.1, 0.15) is 12.5 Å². The van der Waals surface area contributed by atoms with Crippen LogP contribution in [0.5, 0.6) is 11.5 Å². The Bertz CT molecular complexity index is 526. The van der Waals surface area contributed by atoms with Crippen molar-refractivity contribution in [1.29, 1.82) is 0 Å². The molecule has 20 heavy (non-hydrogen) atoms. The fraction of sp³-hybridized carbons (Fsp3) is 0.312. The molecule has 0 fully saturated rings. The fourth-order valence-corrected chi connectivity index (χ4v) is 1.91. The highest BCUT2D eigenvalue weighted by molar-refractivity contribution is 5.49. The quantitative estimate of drug-likeness (QED) is 0.841. The summed E-state index contributed by atoms with van der Waals surface area (Å²) < 4.78 is 10.7. The van der Waals surface area contributed by atoms with E-state index < -0.39 is 0 Å². The van der Waals surface area contributed by atoms with Crippen LogP contribution in [0.3, 0.4) is 0 Å². The second-order valence-corrected chi connectivity index (χ2v) is 4.31. The molecule has 1 N–H and O–H groups in total. The Labute approximate surface area is 119 Å². The van der Waals surface area contributed by atoms with Crippen LogP contribution in [0.4, 0.5) is 5.82 Å². The summed E-state index contributed by atoms with van der Waals surface area (Å²) in [5.41, 5.74) is 1.26. The molecule has 0 bridgehead atoms. The highest BCUT2D eigenvalue weighted by Gasteiger charge is 2.03. The number of hydrogen-bond donors (Lipinski definition) is 1. The Hall–Kier alpha value is -2.23. The molecular formula is C16H20N2O2. The second kappa shape index (κ2) is 7.38. The number of anilines is 1. The van der Waals surface area contributed by atoms with Gasteiger partial charge in [-0.25, -0.2) is 4.98 Å². The van der Waals surface area contributed by atoms with Crippen LogP contribution >= 0.6 is 0 Å². The number of hydrogen-bond acceptors (Lipinski definition) is 4. The fourth-order valence-electron chi connectivity index (χ4n) is 1.91. The van der Waals surface area contributed by atoms with Gasteiger partial charge in [0.05, 0.1) is 13.7 Å². The number of aromatic nitrogens is 1. The second-order valence-electron chi connectivity index (χ2n) is 4.31. The highest BCUT2D eigenvalue weighted by atomic mass is 16.5. The van der Waals surface area contributed by atoms with E-state index in [0.717, 1.165) is 30.3 Å². The molecule has 2 rings (SSSR count). The first-order valence-electron chi connectivity index (χ1n) is 6.78. The molecule has 0 spiro atoms. The molecule has 1 aromatic carbocycles. The van der Waals surface area contributed by atoms with Crippen molar-refractivity contribution >= 4 is 5.82 Å². The van der Waals surface area contributed by atoms with Gasteiger partial charge in [-0.05, 0) is 43.2 Å². The monoisotopic (exact) mass is 272 g/mol. The van der Waals surface area contributed by atoms with E-state index in [1.54, 1.807) is 13.3 Å². The van der Waals surface area contributed by atoms with E-state index in [0.29, 0.717) is 6.61 Å². The van der Waals surface area contributed by atoms with E-state index in [-0.39, 0.29) is 0 Å². The third kappa shape index (κ3) is 3.88. The number of ether oxygens (including phenoxy) is 2. The largest absolute Gasteiger partial charge is 0.497 e. The molecule has 2 aromatic rings. The Morgan fingerprint density at radius 2 is 1.95 bits per heavy atom. The number of nitrogens with zero attached hydrogens (tertiary/aromatic N) is 1. The molecule has 106 valence electrons. The normalized spacial score (nSPS) is 10.1. The van der Waals surface area contributed by atoms with Crippen LogP contribution in [0.25, 0.3) is 0 Å². The Balaban J connectivity index is 1.89. The summed E-state index contributed by atoms with van der Waals surface area (Å²) in [5.74, 6) is 2.47. The van der Waals surface area contributed by atoms with Gasteiger partial charge in [-0.3, -0.25) is 0 Å². The van der Waals surface area contributed by atoms with Crippen LogP contribution in [0.2, 0.25) is 0 Å². The van der Waals surface area contributed by atoms with Crippen molar-refractivity contribution in [2.45, 2.75) is 13.3 Å². The predicted molar refractivity (Wildman–Crippen MR) is 80.6 cm³/mol. The van der Waals surface area contributed by atoms with Crippen LogP contribution in [0, 0.1) is 0 Å². The molecule has 1 aromatic heterocycles. The van der Waals surface area contributed by atoms with E-state index in [9.17, 15) is 0 Å². The molecule has 0 atom stereocenters. The first-order valence-corrected chi connectivity index (χ1v) is 6.78. The molecule has 0 aliphatic carbocycles. The van der Waals surface area contributed by atoms with E-state index in [1.807, 2.05) is 31.2 Å². The predicted octanol–water partition coefficient (Wildman–Crippen LogP) is 3.14. The van der Waals surface area contributed by atoms with Gasteiger partial charge in [0.15, 0.2) is 11.6 Å². The minimum Gasteiger partial charge on any atom is -0.497 e. The number of nitrogens with one attached hydrogen (secondary N) is 1. The molecule has 4 heteroatoms. The molecule has 4 nitrogen and oxygen atoms in total. The summed E-state index contributed by atoms with van der Waals surface area (Å²) in [6.07, 6.45) is 2.68. The van der Waals surface area contributed by atoms with Gasteiger partial charge in [0, 0.05) is 12.7 Å². The zero-order chi connectivity index (χ0) is 14.2. The maximum atomic E-state index is 5.53.